The molecule has 2 saturated heterocycles. The minimum Gasteiger partial charge on any atom is -0.384 e. The lowest BCUT2D eigenvalue weighted by Gasteiger charge is -2.30. The number of hydrogen-bond acceptors (Lipinski definition) is 3. The SMILES string of the molecule is CCN1C[C@H](COC)[C@]2(CCN(C(=O)c3ccc(F)c(F)c3)C2)C1. The molecular formula is C18H24F2N2O2. The number of likely N-dealkylation sites (tertiary alicyclic amines) is 2. The minimum atomic E-state index is -0.981. The monoisotopic (exact) mass is 338 g/mol. The van der Waals surface area contributed by atoms with E-state index in [1.54, 1.807) is 12.0 Å². The fourth-order valence-corrected chi connectivity index (χ4v) is 4.16. The van der Waals surface area contributed by atoms with Crippen molar-refractivity contribution in [3.8, 4) is 0 Å². The first-order chi connectivity index (χ1) is 11.5. The highest BCUT2D eigenvalue weighted by molar-refractivity contribution is 5.94. The van der Waals surface area contributed by atoms with Crippen molar-refractivity contribution in [3.05, 3.63) is 35.4 Å². The van der Waals surface area contributed by atoms with E-state index < -0.39 is 11.6 Å². The minimum absolute atomic E-state index is 0.0419. The van der Waals surface area contributed by atoms with E-state index in [-0.39, 0.29) is 16.9 Å². The Kier molecular flexibility index (Phi) is 4.88. The van der Waals surface area contributed by atoms with E-state index in [4.69, 9.17) is 4.74 Å². The third-order valence-corrected chi connectivity index (χ3v) is 5.54. The van der Waals surface area contributed by atoms with E-state index in [0.29, 0.717) is 25.6 Å². The van der Waals surface area contributed by atoms with Crippen molar-refractivity contribution in [2.75, 3.05) is 46.4 Å². The molecule has 6 heteroatoms. The molecule has 1 spiro atoms. The molecule has 1 amide bonds. The van der Waals surface area contributed by atoms with Crippen molar-refractivity contribution in [2.45, 2.75) is 13.3 Å². The zero-order chi connectivity index (χ0) is 17.3. The fraction of sp³-hybridized carbons (Fsp3) is 0.611. The maximum atomic E-state index is 13.4. The van der Waals surface area contributed by atoms with Gasteiger partial charge in [-0.15, -0.1) is 0 Å². The summed E-state index contributed by atoms with van der Waals surface area (Å²) in [7, 11) is 1.71. The molecule has 2 aliphatic heterocycles. The molecule has 1 aromatic rings. The number of carbonyl (C=O) groups is 1. The van der Waals surface area contributed by atoms with Gasteiger partial charge in [-0.25, -0.2) is 8.78 Å². The number of ether oxygens (including phenoxy) is 1. The first kappa shape index (κ1) is 17.3. The Morgan fingerprint density at radius 3 is 2.79 bits per heavy atom. The summed E-state index contributed by atoms with van der Waals surface area (Å²) in [6.45, 7) is 7.05. The van der Waals surface area contributed by atoms with E-state index in [9.17, 15) is 13.6 Å². The summed E-state index contributed by atoms with van der Waals surface area (Å²) in [5.41, 5.74) is 0.250. The van der Waals surface area contributed by atoms with Crippen LogP contribution >= 0.6 is 0 Å². The smallest absolute Gasteiger partial charge is 0.253 e. The number of nitrogens with zero attached hydrogens (tertiary/aromatic N) is 2. The number of methoxy groups -OCH3 is 1. The molecule has 4 nitrogen and oxygen atoms in total. The molecule has 0 aromatic heterocycles. The molecule has 24 heavy (non-hydrogen) atoms. The van der Waals surface area contributed by atoms with Gasteiger partial charge in [0.05, 0.1) is 6.61 Å². The molecule has 0 unspecified atom stereocenters. The summed E-state index contributed by atoms with van der Waals surface area (Å²) in [4.78, 5) is 16.8. The van der Waals surface area contributed by atoms with Crippen molar-refractivity contribution in [3.63, 3.8) is 0 Å². The quantitative estimate of drug-likeness (QED) is 0.845. The molecule has 2 heterocycles. The standard InChI is InChI=1S/C18H24F2N2O2/c1-3-21-9-14(10-24-2)18(11-21)6-7-22(12-18)17(23)13-4-5-15(19)16(20)8-13/h4-5,8,14H,3,6-7,9-12H2,1-2H3/t14-,18-/m1/s1. The Morgan fingerprint density at radius 1 is 1.33 bits per heavy atom. The molecule has 132 valence electrons. The normalized spacial score (nSPS) is 27.3. The lowest BCUT2D eigenvalue weighted by atomic mass is 9.77. The predicted octanol–water partition coefficient (Wildman–Crippen LogP) is 2.40. The summed E-state index contributed by atoms with van der Waals surface area (Å²) < 4.78 is 31.9. The Bertz CT molecular complexity index is 625. The zero-order valence-electron chi connectivity index (χ0n) is 14.2. The molecule has 0 radical (unpaired) electrons. The van der Waals surface area contributed by atoms with E-state index >= 15 is 0 Å². The molecule has 0 N–H and O–H groups in total. The van der Waals surface area contributed by atoms with Crippen molar-refractivity contribution in [1.29, 1.82) is 0 Å². The highest BCUT2D eigenvalue weighted by atomic mass is 19.2. The van der Waals surface area contributed by atoms with Crippen molar-refractivity contribution >= 4 is 5.91 Å². The van der Waals surface area contributed by atoms with Crippen LogP contribution in [0.15, 0.2) is 18.2 Å². The van der Waals surface area contributed by atoms with E-state index in [1.165, 1.54) is 6.07 Å². The number of hydrogen-bond donors (Lipinski definition) is 0. The predicted molar refractivity (Wildman–Crippen MR) is 86.8 cm³/mol. The Labute approximate surface area is 141 Å². The van der Waals surface area contributed by atoms with Crippen molar-refractivity contribution in [2.24, 2.45) is 11.3 Å². The summed E-state index contributed by atoms with van der Waals surface area (Å²) in [5, 5.41) is 0. The number of benzene rings is 1. The molecule has 0 saturated carbocycles. The molecule has 0 aliphatic carbocycles. The second-order valence-corrected chi connectivity index (χ2v) is 6.95. The van der Waals surface area contributed by atoms with Gasteiger partial charge in [-0.05, 0) is 31.2 Å². The van der Waals surface area contributed by atoms with Gasteiger partial charge < -0.3 is 14.5 Å². The average molecular weight is 338 g/mol. The first-order valence-corrected chi connectivity index (χ1v) is 8.44. The van der Waals surface area contributed by atoms with Crippen LogP contribution in [0.25, 0.3) is 0 Å². The third-order valence-electron chi connectivity index (χ3n) is 5.54. The Hall–Kier alpha value is -1.53. The number of rotatable bonds is 4. The van der Waals surface area contributed by atoms with Crippen LogP contribution in [-0.4, -0.2) is 62.1 Å². The van der Waals surface area contributed by atoms with E-state index in [1.807, 2.05) is 0 Å². The molecule has 0 bridgehead atoms. The average Bonchev–Trinajstić information content (AvgIpc) is 3.15. The first-order valence-electron chi connectivity index (χ1n) is 8.44. The highest BCUT2D eigenvalue weighted by Gasteiger charge is 2.50. The van der Waals surface area contributed by atoms with Crippen LogP contribution in [0, 0.1) is 23.0 Å². The van der Waals surface area contributed by atoms with Crippen LogP contribution in [0.3, 0.4) is 0 Å². The van der Waals surface area contributed by atoms with Crippen LogP contribution in [0.4, 0.5) is 8.78 Å². The van der Waals surface area contributed by atoms with Crippen LogP contribution in [0.1, 0.15) is 23.7 Å². The molecule has 2 aliphatic rings. The largest absolute Gasteiger partial charge is 0.384 e. The van der Waals surface area contributed by atoms with Gasteiger partial charge in [-0.3, -0.25) is 4.79 Å². The summed E-state index contributed by atoms with van der Waals surface area (Å²) in [6, 6.07) is 3.35. The third kappa shape index (κ3) is 3.05. The van der Waals surface area contributed by atoms with Crippen molar-refractivity contribution in [1.82, 2.24) is 9.80 Å². The van der Waals surface area contributed by atoms with Gasteiger partial charge in [-0.1, -0.05) is 6.92 Å². The molecule has 3 rings (SSSR count). The number of amides is 1. The highest BCUT2D eigenvalue weighted by Crippen LogP contribution is 2.44. The van der Waals surface area contributed by atoms with Gasteiger partial charge in [0.15, 0.2) is 11.6 Å². The Balaban J connectivity index is 1.76. The Morgan fingerprint density at radius 2 is 2.12 bits per heavy atom. The topological polar surface area (TPSA) is 32.8 Å². The van der Waals surface area contributed by atoms with Crippen LogP contribution < -0.4 is 0 Å². The van der Waals surface area contributed by atoms with Gasteiger partial charge in [0, 0.05) is 50.2 Å². The van der Waals surface area contributed by atoms with Crippen LogP contribution in [-0.2, 0) is 4.74 Å². The van der Waals surface area contributed by atoms with Crippen LogP contribution in [0.5, 0.6) is 0 Å². The molecule has 2 fully saturated rings. The molecule has 2 atom stereocenters. The second kappa shape index (κ2) is 6.76. The van der Waals surface area contributed by atoms with E-state index in [2.05, 4.69) is 11.8 Å². The lowest BCUT2D eigenvalue weighted by Crippen LogP contribution is -2.38. The van der Waals surface area contributed by atoms with Gasteiger partial charge in [-0.2, -0.15) is 0 Å². The maximum Gasteiger partial charge on any atom is 0.253 e. The molecular weight excluding hydrogens is 314 g/mol. The lowest BCUT2D eigenvalue weighted by molar-refractivity contribution is 0.0715. The number of halogens is 2. The molecule has 1 aromatic carbocycles. The summed E-state index contributed by atoms with van der Waals surface area (Å²) in [5.74, 6) is -1.74. The maximum absolute atomic E-state index is 13.4. The zero-order valence-corrected chi connectivity index (χ0v) is 14.2. The van der Waals surface area contributed by atoms with Gasteiger partial charge in [0.1, 0.15) is 0 Å². The second-order valence-electron chi connectivity index (χ2n) is 6.95. The van der Waals surface area contributed by atoms with E-state index in [0.717, 1.165) is 38.2 Å². The summed E-state index contributed by atoms with van der Waals surface area (Å²) in [6.07, 6.45) is 0.924. The van der Waals surface area contributed by atoms with Crippen molar-refractivity contribution < 1.29 is 18.3 Å². The summed E-state index contributed by atoms with van der Waals surface area (Å²) >= 11 is 0. The van der Waals surface area contributed by atoms with Crippen LogP contribution in [0.2, 0.25) is 0 Å². The fourth-order valence-electron chi connectivity index (χ4n) is 4.16. The van der Waals surface area contributed by atoms with Gasteiger partial charge >= 0.3 is 0 Å². The van der Waals surface area contributed by atoms with Gasteiger partial charge in [0.25, 0.3) is 5.91 Å². The van der Waals surface area contributed by atoms with Gasteiger partial charge in [0.2, 0.25) is 0 Å². The number of carbonyl (C=O) groups excluding carboxylic acids is 1.